The van der Waals surface area contributed by atoms with Gasteiger partial charge < -0.3 is 5.11 Å². The fourth-order valence-corrected chi connectivity index (χ4v) is 3.23. The number of carboxylic acid groups (broad SMARTS) is 1. The molecule has 0 unspecified atom stereocenters. The lowest BCUT2D eigenvalue weighted by Gasteiger charge is -2.10. The molecule has 0 amide bonds. The summed E-state index contributed by atoms with van der Waals surface area (Å²) >= 11 is 3.13. The molecule has 0 aliphatic heterocycles. The largest absolute Gasteiger partial charge is 0.478 e. The van der Waals surface area contributed by atoms with Crippen molar-refractivity contribution in [2.45, 2.75) is 4.90 Å². The van der Waals surface area contributed by atoms with E-state index in [0.717, 1.165) is 30.3 Å². The van der Waals surface area contributed by atoms with Crippen LogP contribution in [0.1, 0.15) is 10.4 Å². The molecule has 8 nitrogen and oxygen atoms in total. The van der Waals surface area contributed by atoms with Gasteiger partial charge in [-0.3, -0.25) is 14.8 Å². The number of nitro benzene ring substituents is 1. The van der Waals surface area contributed by atoms with Gasteiger partial charge in [-0.05, 0) is 46.3 Å². The Hall–Kier alpha value is -2.46. The molecule has 0 saturated heterocycles. The molecule has 10 heteroatoms. The van der Waals surface area contributed by atoms with Crippen molar-refractivity contribution in [1.29, 1.82) is 0 Å². The Balaban J connectivity index is 2.36. The third-order valence-corrected chi connectivity index (χ3v) is 4.89. The van der Waals surface area contributed by atoms with Crippen molar-refractivity contribution in [2.24, 2.45) is 0 Å². The van der Waals surface area contributed by atoms with Crippen LogP contribution >= 0.6 is 15.9 Å². The highest BCUT2D eigenvalue weighted by Crippen LogP contribution is 2.27. The topological polar surface area (TPSA) is 127 Å². The zero-order valence-corrected chi connectivity index (χ0v) is 13.7. The van der Waals surface area contributed by atoms with Gasteiger partial charge >= 0.3 is 5.97 Å². The highest BCUT2D eigenvalue weighted by molar-refractivity contribution is 9.10. The number of non-ortho nitro benzene ring substituents is 1. The first kappa shape index (κ1) is 16.9. The van der Waals surface area contributed by atoms with Crippen molar-refractivity contribution in [1.82, 2.24) is 0 Å². The number of carbonyl (C=O) groups is 1. The number of sulfonamides is 1. The van der Waals surface area contributed by atoms with E-state index in [1.807, 2.05) is 0 Å². The lowest BCUT2D eigenvalue weighted by molar-refractivity contribution is -0.384. The van der Waals surface area contributed by atoms with Gasteiger partial charge in [-0.25, -0.2) is 13.2 Å². The molecule has 0 radical (unpaired) electrons. The van der Waals surface area contributed by atoms with E-state index in [4.69, 9.17) is 5.11 Å². The standard InChI is InChI=1S/C13H9BrN2O6S/c14-11-6-1-8(13(17)18)7-12(11)15-23(21,22)10-4-2-9(3-5-10)16(19)20/h1-7,15H,(H,17,18). The summed E-state index contributed by atoms with van der Waals surface area (Å²) in [5.74, 6) is -1.20. The molecule has 0 aliphatic rings. The molecule has 2 aromatic rings. The van der Waals surface area contributed by atoms with Crippen LogP contribution in [0.3, 0.4) is 0 Å². The summed E-state index contributed by atoms with van der Waals surface area (Å²) in [6, 6.07) is 8.20. The zero-order valence-electron chi connectivity index (χ0n) is 11.3. The number of aromatic carboxylic acids is 1. The summed E-state index contributed by atoms with van der Waals surface area (Å²) < 4.78 is 27.1. The van der Waals surface area contributed by atoms with Crippen LogP contribution in [0.5, 0.6) is 0 Å². The smallest absolute Gasteiger partial charge is 0.335 e. The molecule has 0 fully saturated rings. The molecule has 0 saturated carbocycles. The van der Waals surface area contributed by atoms with Crippen LogP contribution in [-0.2, 0) is 10.0 Å². The monoisotopic (exact) mass is 400 g/mol. The third-order valence-electron chi connectivity index (χ3n) is 2.82. The van der Waals surface area contributed by atoms with E-state index in [1.54, 1.807) is 0 Å². The second kappa shape index (κ2) is 6.34. The Morgan fingerprint density at radius 2 is 1.78 bits per heavy atom. The quantitative estimate of drug-likeness (QED) is 0.586. The zero-order chi connectivity index (χ0) is 17.2. The number of rotatable bonds is 5. The highest BCUT2D eigenvalue weighted by atomic mass is 79.9. The van der Waals surface area contributed by atoms with Crippen molar-refractivity contribution >= 4 is 43.3 Å². The second-order valence-electron chi connectivity index (χ2n) is 4.36. The van der Waals surface area contributed by atoms with Gasteiger partial charge in [-0.2, -0.15) is 0 Å². The number of nitrogens with one attached hydrogen (secondary N) is 1. The van der Waals surface area contributed by atoms with Crippen LogP contribution in [-0.4, -0.2) is 24.4 Å². The first-order valence-electron chi connectivity index (χ1n) is 6.01. The second-order valence-corrected chi connectivity index (χ2v) is 6.89. The van der Waals surface area contributed by atoms with E-state index >= 15 is 0 Å². The first-order chi connectivity index (χ1) is 10.7. The van der Waals surface area contributed by atoms with Crippen LogP contribution in [0, 0.1) is 10.1 Å². The van der Waals surface area contributed by atoms with Crippen molar-refractivity contribution in [3.05, 3.63) is 62.6 Å². The Labute approximate surface area is 139 Å². The lowest BCUT2D eigenvalue weighted by Crippen LogP contribution is -2.14. The summed E-state index contributed by atoms with van der Waals surface area (Å²) in [7, 11) is -4.02. The van der Waals surface area contributed by atoms with Gasteiger partial charge in [0.05, 0.1) is 21.1 Å². The van der Waals surface area contributed by atoms with Gasteiger partial charge in [0.1, 0.15) is 0 Å². The molecule has 23 heavy (non-hydrogen) atoms. The van der Waals surface area contributed by atoms with Gasteiger partial charge in [0.25, 0.3) is 15.7 Å². The number of carboxylic acids is 1. The Kier molecular flexibility index (Phi) is 4.66. The van der Waals surface area contributed by atoms with Crippen molar-refractivity contribution in [2.75, 3.05) is 4.72 Å². The van der Waals surface area contributed by atoms with E-state index in [0.29, 0.717) is 4.47 Å². The maximum Gasteiger partial charge on any atom is 0.335 e. The molecule has 2 rings (SSSR count). The molecular weight excluding hydrogens is 392 g/mol. The highest BCUT2D eigenvalue weighted by Gasteiger charge is 2.18. The molecule has 0 heterocycles. The molecule has 0 spiro atoms. The predicted molar refractivity (Wildman–Crippen MR) is 85.0 cm³/mol. The summed E-state index contributed by atoms with van der Waals surface area (Å²) in [4.78, 5) is 20.7. The normalized spacial score (nSPS) is 11.0. The maximum absolute atomic E-state index is 12.3. The summed E-state index contributed by atoms with van der Waals surface area (Å²) in [5, 5.41) is 19.5. The number of benzene rings is 2. The van der Waals surface area contributed by atoms with Gasteiger partial charge in [-0.15, -0.1) is 0 Å². The minimum absolute atomic E-state index is 0.0447. The van der Waals surface area contributed by atoms with Crippen LogP contribution in [0.2, 0.25) is 0 Å². The van der Waals surface area contributed by atoms with E-state index in [1.165, 1.54) is 12.1 Å². The number of hydrogen-bond donors (Lipinski definition) is 2. The molecule has 2 aromatic carbocycles. The van der Waals surface area contributed by atoms with Crippen LogP contribution in [0.4, 0.5) is 11.4 Å². The summed E-state index contributed by atoms with van der Waals surface area (Å²) in [5.41, 5.74) is -0.282. The first-order valence-corrected chi connectivity index (χ1v) is 8.28. The number of halogens is 1. The third kappa shape index (κ3) is 3.85. The molecule has 0 atom stereocenters. The summed E-state index contributed by atoms with van der Waals surface area (Å²) in [6.07, 6.45) is 0. The van der Waals surface area contributed by atoms with Gasteiger partial charge in [-0.1, -0.05) is 0 Å². The van der Waals surface area contributed by atoms with Gasteiger partial charge in [0.15, 0.2) is 0 Å². The van der Waals surface area contributed by atoms with Gasteiger partial charge in [0, 0.05) is 16.6 Å². The van der Waals surface area contributed by atoms with Gasteiger partial charge in [0.2, 0.25) is 0 Å². The minimum Gasteiger partial charge on any atom is -0.478 e. The summed E-state index contributed by atoms with van der Waals surface area (Å²) in [6.45, 7) is 0. The predicted octanol–water partition coefficient (Wildman–Crippen LogP) is 2.86. The molecule has 2 N–H and O–H groups in total. The van der Waals surface area contributed by atoms with Crippen molar-refractivity contribution < 1.29 is 23.2 Å². The molecule has 120 valence electrons. The Morgan fingerprint density at radius 3 is 2.30 bits per heavy atom. The molecule has 0 aliphatic carbocycles. The van der Waals surface area contributed by atoms with E-state index in [2.05, 4.69) is 20.7 Å². The SMILES string of the molecule is O=C(O)c1ccc(Br)c(NS(=O)(=O)c2ccc([N+](=O)[O-])cc2)c1. The lowest BCUT2D eigenvalue weighted by atomic mass is 10.2. The van der Waals surface area contributed by atoms with Crippen LogP contribution < -0.4 is 4.72 Å². The Bertz CT molecular complexity index is 880. The van der Waals surface area contributed by atoms with Crippen LogP contribution in [0.25, 0.3) is 0 Å². The number of nitrogens with zero attached hydrogens (tertiary/aromatic N) is 1. The van der Waals surface area contributed by atoms with E-state index in [-0.39, 0.29) is 21.8 Å². The molecule has 0 aromatic heterocycles. The van der Waals surface area contributed by atoms with Crippen molar-refractivity contribution in [3.63, 3.8) is 0 Å². The van der Waals surface area contributed by atoms with Crippen molar-refractivity contribution in [3.8, 4) is 0 Å². The fourth-order valence-electron chi connectivity index (χ4n) is 1.69. The number of anilines is 1. The van der Waals surface area contributed by atoms with E-state index in [9.17, 15) is 23.3 Å². The van der Waals surface area contributed by atoms with Crippen LogP contribution in [0.15, 0.2) is 51.8 Å². The average Bonchev–Trinajstić information content (AvgIpc) is 2.49. The molecular formula is C13H9BrN2O6S. The number of nitro groups is 1. The number of hydrogen-bond acceptors (Lipinski definition) is 5. The Morgan fingerprint density at radius 1 is 1.17 bits per heavy atom. The maximum atomic E-state index is 12.3. The average molecular weight is 401 g/mol. The molecule has 0 bridgehead atoms. The fraction of sp³-hybridized carbons (Fsp3) is 0. The minimum atomic E-state index is -4.02. The van der Waals surface area contributed by atoms with E-state index < -0.39 is 20.9 Å².